The number of para-hydroxylation sites is 1. The van der Waals surface area contributed by atoms with Gasteiger partial charge in [0.05, 0.1) is 24.6 Å². The largest absolute Gasteiger partial charge is 0.355 e. The van der Waals surface area contributed by atoms with Crippen LogP contribution < -0.4 is 16.0 Å². The van der Waals surface area contributed by atoms with Gasteiger partial charge in [-0.1, -0.05) is 62.4 Å². The van der Waals surface area contributed by atoms with Crippen LogP contribution in [0.25, 0.3) is 10.9 Å². The Morgan fingerprint density at radius 2 is 1.76 bits per heavy atom. The van der Waals surface area contributed by atoms with E-state index in [4.69, 9.17) is 0 Å². The van der Waals surface area contributed by atoms with E-state index in [1.807, 2.05) is 86.3 Å². The van der Waals surface area contributed by atoms with Crippen molar-refractivity contribution in [3.05, 3.63) is 102 Å². The van der Waals surface area contributed by atoms with Gasteiger partial charge in [-0.3, -0.25) is 24.2 Å². The molecule has 240 valence electrons. The number of benzene rings is 2. The Morgan fingerprint density at radius 3 is 2.54 bits per heavy atom. The number of amides is 4. The van der Waals surface area contributed by atoms with Crippen LogP contribution in [-0.4, -0.2) is 69.8 Å². The molecule has 3 heterocycles. The first-order chi connectivity index (χ1) is 22.2. The van der Waals surface area contributed by atoms with Crippen molar-refractivity contribution in [1.29, 1.82) is 0 Å². The molecular weight excluding hydrogens is 580 g/mol. The van der Waals surface area contributed by atoms with Crippen LogP contribution in [0, 0.1) is 5.92 Å². The third-order valence-corrected chi connectivity index (χ3v) is 8.38. The molecule has 0 aliphatic carbocycles. The Bertz CT molecular complexity index is 1700. The summed E-state index contributed by atoms with van der Waals surface area (Å²) in [5, 5.41) is 9.95. The molecule has 2 aromatic carbocycles. The number of carbonyl (C=O) groups excluding carboxylic acids is 4. The Kier molecular flexibility index (Phi) is 10.5. The molecule has 2 bridgehead atoms. The van der Waals surface area contributed by atoms with E-state index >= 15 is 0 Å². The van der Waals surface area contributed by atoms with E-state index in [-0.39, 0.29) is 49.1 Å². The molecule has 2 atom stereocenters. The fourth-order valence-corrected chi connectivity index (χ4v) is 5.97. The maximum absolute atomic E-state index is 14.0. The molecule has 1 aliphatic rings. The summed E-state index contributed by atoms with van der Waals surface area (Å²) in [6, 6.07) is 18.0. The van der Waals surface area contributed by atoms with E-state index in [1.54, 1.807) is 17.2 Å². The van der Waals surface area contributed by atoms with Crippen LogP contribution in [0.2, 0.25) is 0 Å². The molecule has 0 unspecified atom stereocenters. The molecule has 0 fully saturated rings. The summed E-state index contributed by atoms with van der Waals surface area (Å²) in [5.41, 5.74) is 4.08. The number of rotatable bonds is 5. The van der Waals surface area contributed by atoms with Gasteiger partial charge < -0.3 is 25.4 Å². The highest BCUT2D eigenvalue weighted by Crippen LogP contribution is 2.21. The summed E-state index contributed by atoms with van der Waals surface area (Å²) in [7, 11) is 1.94. The first-order valence-corrected chi connectivity index (χ1v) is 15.8. The third kappa shape index (κ3) is 8.18. The second-order valence-electron chi connectivity index (χ2n) is 12.4. The number of nitrogens with zero attached hydrogens (tertiary/aromatic N) is 3. The average Bonchev–Trinajstić information content (AvgIpc) is 3.36. The van der Waals surface area contributed by atoms with Crippen LogP contribution in [0.5, 0.6) is 0 Å². The van der Waals surface area contributed by atoms with Crippen LogP contribution in [0.1, 0.15) is 47.3 Å². The Morgan fingerprint density at radius 1 is 1.00 bits per heavy atom. The molecule has 0 saturated carbocycles. The first kappa shape index (κ1) is 32.4. The molecule has 5 rings (SSSR count). The van der Waals surface area contributed by atoms with E-state index in [1.165, 1.54) is 6.20 Å². The van der Waals surface area contributed by atoms with E-state index in [2.05, 4.69) is 20.9 Å². The molecule has 46 heavy (non-hydrogen) atoms. The minimum atomic E-state index is -0.826. The Balaban J connectivity index is 1.46. The molecular formula is C36H42N6O4. The van der Waals surface area contributed by atoms with Gasteiger partial charge in [0, 0.05) is 49.6 Å². The lowest BCUT2D eigenvalue weighted by Crippen LogP contribution is -2.56. The molecule has 1 aliphatic heterocycles. The number of nitrogens with one attached hydrogen (secondary N) is 3. The molecule has 4 amide bonds. The second kappa shape index (κ2) is 14.9. The summed E-state index contributed by atoms with van der Waals surface area (Å²) in [6.45, 7) is 4.12. The van der Waals surface area contributed by atoms with Gasteiger partial charge >= 0.3 is 0 Å². The van der Waals surface area contributed by atoms with Crippen molar-refractivity contribution in [2.45, 2.75) is 51.6 Å². The van der Waals surface area contributed by atoms with Gasteiger partial charge in [0.2, 0.25) is 17.7 Å². The highest BCUT2D eigenvalue weighted by molar-refractivity contribution is 5.97. The van der Waals surface area contributed by atoms with Crippen molar-refractivity contribution < 1.29 is 19.2 Å². The number of fused-ring (bicyclic) bond motifs is 3. The van der Waals surface area contributed by atoms with Crippen LogP contribution in [0.3, 0.4) is 0 Å². The second-order valence-corrected chi connectivity index (χ2v) is 12.4. The normalized spacial score (nSPS) is 18.5. The Labute approximate surface area is 269 Å². The lowest BCUT2D eigenvalue weighted by molar-refractivity contribution is -0.136. The van der Waals surface area contributed by atoms with Crippen molar-refractivity contribution in [2.24, 2.45) is 13.0 Å². The van der Waals surface area contributed by atoms with E-state index in [0.717, 1.165) is 27.6 Å². The molecule has 10 nitrogen and oxygen atoms in total. The molecule has 3 N–H and O–H groups in total. The summed E-state index contributed by atoms with van der Waals surface area (Å²) in [5.74, 6) is -1.44. The lowest BCUT2D eigenvalue weighted by Gasteiger charge is -2.30. The van der Waals surface area contributed by atoms with Gasteiger partial charge in [0.25, 0.3) is 5.91 Å². The SMILES string of the molecule is CC(C)[C@H]1NC(=O)c2cncc(c2)CCCNC(=O)CN(C(=O)Cc2cn(C)c3ccccc23)C[C@@H](Cc2ccccc2)NC1=O. The standard InChI is InChI=1S/C36H42N6O4/c1-24(2)34-36(46)39-29(17-25-10-5-4-6-11-25)22-42(33(44)18-28-21-41(3)31-14-8-7-13-30(28)31)23-32(43)38-15-9-12-26-16-27(20-37-19-26)35(45)40-34/h4-8,10-11,13-14,16,19-21,24,29,34H,9,12,15,17-18,22-23H2,1-3H3,(H,38,43)(H,39,46)(H,40,45)/t29-,34-/m1/s1. The van der Waals surface area contributed by atoms with Gasteiger partial charge in [-0.05, 0) is 54.0 Å². The number of carbonyl (C=O) groups is 4. The van der Waals surface area contributed by atoms with E-state index in [9.17, 15) is 19.2 Å². The average molecular weight is 623 g/mol. The summed E-state index contributed by atoms with van der Waals surface area (Å²) in [6.07, 6.45) is 6.90. The van der Waals surface area contributed by atoms with Crippen LogP contribution in [0.4, 0.5) is 0 Å². The van der Waals surface area contributed by atoms with Crippen molar-refractivity contribution in [3.63, 3.8) is 0 Å². The smallest absolute Gasteiger partial charge is 0.253 e. The lowest BCUT2D eigenvalue weighted by atomic mass is 10.00. The summed E-state index contributed by atoms with van der Waals surface area (Å²) < 4.78 is 1.99. The number of hydrogen-bond donors (Lipinski definition) is 3. The Hall–Kier alpha value is -4.99. The third-order valence-electron chi connectivity index (χ3n) is 8.38. The van der Waals surface area contributed by atoms with Crippen molar-refractivity contribution in [3.8, 4) is 0 Å². The molecule has 0 radical (unpaired) electrons. The van der Waals surface area contributed by atoms with Crippen LogP contribution in [0.15, 0.2) is 79.3 Å². The van der Waals surface area contributed by atoms with Gasteiger partial charge in [0.1, 0.15) is 6.04 Å². The maximum Gasteiger partial charge on any atom is 0.253 e. The molecule has 0 saturated heterocycles. The predicted molar refractivity (Wildman–Crippen MR) is 177 cm³/mol. The fourth-order valence-electron chi connectivity index (χ4n) is 5.97. The van der Waals surface area contributed by atoms with E-state index in [0.29, 0.717) is 31.4 Å². The van der Waals surface area contributed by atoms with E-state index < -0.39 is 12.1 Å². The van der Waals surface area contributed by atoms with Crippen molar-refractivity contribution in [2.75, 3.05) is 19.6 Å². The van der Waals surface area contributed by atoms with Crippen LogP contribution in [-0.2, 0) is 40.7 Å². The van der Waals surface area contributed by atoms with Crippen molar-refractivity contribution in [1.82, 2.24) is 30.4 Å². The number of pyridine rings is 1. The quantitative estimate of drug-likeness (QED) is 0.315. The zero-order valence-electron chi connectivity index (χ0n) is 26.7. The zero-order valence-corrected chi connectivity index (χ0v) is 26.7. The highest BCUT2D eigenvalue weighted by Gasteiger charge is 2.29. The first-order valence-electron chi connectivity index (χ1n) is 15.8. The highest BCUT2D eigenvalue weighted by atomic mass is 16.2. The summed E-state index contributed by atoms with van der Waals surface area (Å²) in [4.78, 5) is 60.1. The molecule has 4 aromatic rings. The number of aromatic nitrogens is 2. The summed E-state index contributed by atoms with van der Waals surface area (Å²) >= 11 is 0. The van der Waals surface area contributed by atoms with Gasteiger partial charge in [0.15, 0.2) is 0 Å². The zero-order chi connectivity index (χ0) is 32.6. The fraction of sp³-hybridized carbons (Fsp3) is 0.361. The topological polar surface area (TPSA) is 125 Å². The number of hydrogen-bond acceptors (Lipinski definition) is 5. The minimum absolute atomic E-state index is 0.105. The maximum atomic E-state index is 14.0. The van der Waals surface area contributed by atoms with Gasteiger partial charge in [-0.25, -0.2) is 0 Å². The van der Waals surface area contributed by atoms with Gasteiger partial charge in [-0.15, -0.1) is 0 Å². The minimum Gasteiger partial charge on any atom is -0.355 e. The molecule has 0 spiro atoms. The van der Waals surface area contributed by atoms with Crippen LogP contribution >= 0.6 is 0 Å². The number of aryl methyl sites for hydroxylation is 2. The monoisotopic (exact) mass is 622 g/mol. The molecule has 2 aromatic heterocycles. The van der Waals surface area contributed by atoms with Gasteiger partial charge in [-0.2, -0.15) is 0 Å². The van der Waals surface area contributed by atoms with Crippen molar-refractivity contribution >= 4 is 34.5 Å². The predicted octanol–water partition coefficient (Wildman–Crippen LogP) is 3.19. The molecule has 10 heteroatoms.